The van der Waals surface area contributed by atoms with Gasteiger partial charge in [0.05, 0.1) is 10.6 Å². The number of halogens is 2. The maximum Gasteiger partial charge on any atom is 0.262 e. The Morgan fingerprint density at radius 1 is 1.25 bits per heavy atom. The molecule has 2 aromatic carbocycles. The summed E-state index contributed by atoms with van der Waals surface area (Å²) in [6, 6.07) is 8.50. The summed E-state index contributed by atoms with van der Waals surface area (Å²) >= 11 is 3.23. The van der Waals surface area contributed by atoms with Gasteiger partial charge in [-0.1, -0.05) is 12.1 Å². The van der Waals surface area contributed by atoms with E-state index in [0.717, 1.165) is 0 Å². The number of para-hydroxylation sites is 1. The number of nitrogens with one attached hydrogen (secondary N) is 1. The Bertz CT molecular complexity index is 763. The molecule has 0 aliphatic carbocycles. The molecule has 0 heterocycles. The molecule has 0 aliphatic heterocycles. The molecule has 0 saturated carbocycles. The molecule has 3 N–H and O–H groups in total. The number of nitrogen functional groups attached to an aromatic ring is 1. The van der Waals surface area contributed by atoms with Crippen molar-refractivity contribution in [1.82, 2.24) is 0 Å². The van der Waals surface area contributed by atoms with E-state index in [-0.39, 0.29) is 10.6 Å². The minimum atomic E-state index is -3.90. The van der Waals surface area contributed by atoms with E-state index in [2.05, 4.69) is 20.7 Å². The third kappa shape index (κ3) is 2.94. The quantitative estimate of drug-likeness (QED) is 0.827. The lowest BCUT2D eigenvalue weighted by molar-refractivity contribution is 0.598. The van der Waals surface area contributed by atoms with Crippen molar-refractivity contribution in [2.24, 2.45) is 0 Å². The summed E-state index contributed by atoms with van der Waals surface area (Å²) in [6.07, 6.45) is 0. The second kappa shape index (κ2) is 5.41. The second-order valence-electron chi connectivity index (χ2n) is 4.22. The van der Waals surface area contributed by atoms with E-state index in [1.807, 2.05) is 0 Å². The SMILES string of the molecule is Cc1cc(Br)c(N)cc1S(=O)(=O)Nc1ccccc1F. The van der Waals surface area contributed by atoms with Crippen molar-refractivity contribution < 1.29 is 12.8 Å². The van der Waals surface area contributed by atoms with Gasteiger partial charge in [-0.05, 0) is 52.7 Å². The van der Waals surface area contributed by atoms with Gasteiger partial charge in [0.15, 0.2) is 0 Å². The van der Waals surface area contributed by atoms with Gasteiger partial charge in [-0.25, -0.2) is 12.8 Å². The van der Waals surface area contributed by atoms with Gasteiger partial charge in [0.1, 0.15) is 5.82 Å². The summed E-state index contributed by atoms with van der Waals surface area (Å²) in [6.45, 7) is 1.64. The lowest BCUT2D eigenvalue weighted by Crippen LogP contribution is -2.15. The average Bonchev–Trinajstić information content (AvgIpc) is 2.36. The van der Waals surface area contributed by atoms with Crippen LogP contribution in [0.4, 0.5) is 15.8 Å². The van der Waals surface area contributed by atoms with Crippen LogP contribution in [0, 0.1) is 12.7 Å². The predicted octanol–water partition coefficient (Wildman–Crippen LogP) is 3.28. The zero-order valence-corrected chi connectivity index (χ0v) is 12.9. The fourth-order valence-corrected chi connectivity index (χ4v) is 3.49. The van der Waals surface area contributed by atoms with Crippen molar-refractivity contribution in [3.05, 3.63) is 52.3 Å². The zero-order chi connectivity index (χ0) is 14.9. The fourth-order valence-electron chi connectivity index (χ4n) is 1.70. The molecule has 2 rings (SSSR count). The van der Waals surface area contributed by atoms with E-state index in [1.165, 1.54) is 24.3 Å². The number of anilines is 2. The summed E-state index contributed by atoms with van der Waals surface area (Å²) in [5, 5.41) is 0. The van der Waals surface area contributed by atoms with Crippen LogP contribution in [0.25, 0.3) is 0 Å². The number of sulfonamides is 1. The predicted molar refractivity (Wildman–Crippen MR) is 80.5 cm³/mol. The van der Waals surface area contributed by atoms with Crippen LogP contribution in [0.2, 0.25) is 0 Å². The minimum Gasteiger partial charge on any atom is -0.398 e. The minimum absolute atomic E-state index is 0.0152. The Balaban J connectivity index is 2.47. The smallest absolute Gasteiger partial charge is 0.262 e. The molecule has 4 nitrogen and oxygen atoms in total. The molecule has 0 aromatic heterocycles. The first-order valence-corrected chi connectivity index (χ1v) is 7.92. The Kier molecular flexibility index (Phi) is 4.01. The molecule has 0 fully saturated rings. The monoisotopic (exact) mass is 358 g/mol. The van der Waals surface area contributed by atoms with E-state index in [0.29, 0.717) is 15.7 Å². The molecule has 0 bridgehead atoms. The Labute approximate surface area is 125 Å². The van der Waals surface area contributed by atoms with Crippen molar-refractivity contribution in [1.29, 1.82) is 0 Å². The summed E-state index contributed by atoms with van der Waals surface area (Å²) in [4.78, 5) is 0.0152. The number of rotatable bonds is 3. The van der Waals surface area contributed by atoms with Gasteiger partial charge >= 0.3 is 0 Å². The van der Waals surface area contributed by atoms with Crippen LogP contribution in [-0.4, -0.2) is 8.42 Å². The molecule has 0 aliphatic rings. The van der Waals surface area contributed by atoms with Crippen LogP contribution in [0.1, 0.15) is 5.56 Å². The average molecular weight is 359 g/mol. The van der Waals surface area contributed by atoms with Crippen LogP contribution in [0.15, 0.2) is 45.8 Å². The van der Waals surface area contributed by atoms with E-state index >= 15 is 0 Å². The van der Waals surface area contributed by atoms with Crippen LogP contribution in [-0.2, 0) is 10.0 Å². The van der Waals surface area contributed by atoms with Crippen LogP contribution in [0.5, 0.6) is 0 Å². The topological polar surface area (TPSA) is 72.2 Å². The van der Waals surface area contributed by atoms with E-state index in [9.17, 15) is 12.8 Å². The van der Waals surface area contributed by atoms with Crippen LogP contribution >= 0.6 is 15.9 Å². The molecular weight excluding hydrogens is 347 g/mol. The Hall–Kier alpha value is -1.60. The van der Waals surface area contributed by atoms with Gasteiger partial charge in [-0.15, -0.1) is 0 Å². The van der Waals surface area contributed by atoms with E-state index in [4.69, 9.17) is 5.73 Å². The molecular formula is C13H12BrFN2O2S. The standard InChI is InChI=1S/C13H12BrFN2O2S/c1-8-6-9(14)11(16)7-13(8)20(18,19)17-12-5-3-2-4-10(12)15/h2-7,17H,16H2,1H3. The number of hydrogen-bond donors (Lipinski definition) is 2. The summed E-state index contributed by atoms with van der Waals surface area (Å²) in [5.41, 5.74) is 6.40. The van der Waals surface area contributed by atoms with Gasteiger partial charge in [0, 0.05) is 10.2 Å². The van der Waals surface area contributed by atoms with Gasteiger partial charge in [0.25, 0.3) is 10.0 Å². The van der Waals surface area contributed by atoms with E-state index < -0.39 is 15.8 Å². The molecule has 106 valence electrons. The second-order valence-corrected chi connectivity index (χ2v) is 6.73. The number of hydrogen-bond acceptors (Lipinski definition) is 3. The highest BCUT2D eigenvalue weighted by molar-refractivity contribution is 9.10. The van der Waals surface area contributed by atoms with Crippen molar-refractivity contribution in [2.45, 2.75) is 11.8 Å². The summed E-state index contributed by atoms with van der Waals surface area (Å²) in [7, 11) is -3.90. The first-order valence-electron chi connectivity index (χ1n) is 5.64. The fraction of sp³-hybridized carbons (Fsp3) is 0.0769. The van der Waals surface area contributed by atoms with Gasteiger partial charge in [-0.2, -0.15) is 0 Å². The largest absolute Gasteiger partial charge is 0.398 e. The Morgan fingerprint density at radius 3 is 2.55 bits per heavy atom. The molecule has 20 heavy (non-hydrogen) atoms. The molecule has 0 unspecified atom stereocenters. The third-order valence-corrected chi connectivity index (χ3v) is 4.90. The van der Waals surface area contributed by atoms with Gasteiger partial charge in [-0.3, -0.25) is 4.72 Å². The summed E-state index contributed by atoms with van der Waals surface area (Å²) in [5.74, 6) is -0.640. The molecule has 7 heteroatoms. The highest BCUT2D eigenvalue weighted by atomic mass is 79.9. The molecule has 0 amide bonds. The Morgan fingerprint density at radius 2 is 1.90 bits per heavy atom. The van der Waals surface area contributed by atoms with Crippen molar-refractivity contribution in [3.8, 4) is 0 Å². The highest BCUT2D eigenvalue weighted by Crippen LogP contribution is 2.28. The maximum atomic E-state index is 13.5. The molecule has 0 spiro atoms. The first-order chi connectivity index (χ1) is 9.31. The highest BCUT2D eigenvalue weighted by Gasteiger charge is 2.19. The van der Waals surface area contributed by atoms with Crippen molar-refractivity contribution >= 4 is 37.3 Å². The number of nitrogens with two attached hydrogens (primary N) is 1. The van der Waals surface area contributed by atoms with Crippen LogP contribution in [0.3, 0.4) is 0 Å². The number of aryl methyl sites for hydroxylation is 1. The molecule has 0 atom stereocenters. The third-order valence-electron chi connectivity index (χ3n) is 2.70. The molecule has 0 radical (unpaired) electrons. The zero-order valence-electron chi connectivity index (χ0n) is 10.5. The normalized spacial score (nSPS) is 11.3. The van der Waals surface area contributed by atoms with Gasteiger partial charge < -0.3 is 5.73 Å². The maximum absolute atomic E-state index is 13.5. The van der Waals surface area contributed by atoms with Crippen molar-refractivity contribution in [2.75, 3.05) is 10.5 Å². The van der Waals surface area contributed by atoms with Crippen LogP contribution < -0.4 is 10.5 Å². The first kappa shape index (κ1) is 14.8. The molecule has 2 aromatic rings. The number of benzene rings is 2. The lowest BCUT2D eigenvalue weighted by atomic mass is 10.2. The lowest BCUT2D eigenvalue weighted by Gasteiger charge is -2.12. The molecule has 0 saturated heterocycles. The van der Waals surface area contributed by atoms with Gasteiger partial charge in [0.2, 0.25) is 0 Å². The van der Waals surface area contributed by atoms with Crippen molar-refractivity contribution in [3.63, 3.8) is 0 Å². The summed E-state index contributed by atoms with van der Waals surface area (Å²) < 4.78 is 40.9. The van der Waals surface area contributed by atoms with E-state index in [1.54, 1.807) is 19.1 Å².